The molecule has 1 unspecified atom stereocenters. The quantitative estimate of drug-likeness (QED) is 0.923. The molecule has 7 heteroatoms. The number of likely N-dealkylation sites (tertiary alicyclic amines) is 1. The molecule has 1 fully saturated rings. The van der Waals surface area contributed by atoms with E-state index in [0.717, 1.165) is 23.1 Å². The lowest BCUT2D eigenvalue weighted by Gasteiger charge is -2.15. The maximum Gasteiger partial charge on any atom is 0.271 e. The van der Waals surface area contributed by atoms with E-state index in [9.17, 15) is 4.79 Å². The molecule has 1 atom stereocenters. The number of halogens is 1. The van der Waals surface area contributed by atoms with E-state index in [2.05, 4.69) is 45.1 Å². The zero-order valence-corrected chi connectivity index (χ0v) is 13.7. The van der Waals surface area contributed by atoms with Crippen molar-refractivity contribution < 1.29 is 4.79 Å². The predicted octanol–water partition coefficient (Wildman–Crippen LogP) is 2.58. The Morgan fingerprint density at radius 2 is 2.33 bits per heavy atom. The summed E-state index contributed by atoms with van der Waals surface area (Å²) in [5.74, 6) is 0.332. The minimum absolute atomic E-state index is 0.0168. The number of nitrogens with one attached hydrogen (secondary N) is 1. The van der Waals surface area contributed by atoms with Gasteiger partial charge in [0.05, 0.1) is 22.4 Å². The molecule has 1 amide bonds. The first kappa shape index (κ1) is 14.3. The van der Waals surface area contributed by atoms with Gasteiger partial charge in [-0.25, -0.2) is 0 Å². The molecule has 112 valence electrons. The Kier molecular flexibility index (Phi) is 3.84. The van der Waals surface area contributed by atoms with Crippen molar-refractivity contribution in [3.8, 4) is 0 Å². The van der Waals surface area contributed by atoms with E-state index in [1.165, 1.54) is 0 Å². The van der Waals surface area contributed by atoms with E-state index in [1.807, 2.05) is 21.8 Å². The molecule has 1 aliphatic rings. The summed E-state index contributed by atoms with van der Waals surface area (Å²) in [7, 11) is 0. The van der Waals surface area contributed by atoms with E-state index >= 15 is 0 Å². The molecule has 1 N–H and O–H groups in total. The van der Waals surface area contributed by atoms with Crippen LogP contribution in [0.1, 0.15) is 48.4 Å². The summed E-state index contributed by atoms with van der Waals surface area (Å²) < 4.78 is 2.88. The molecule has 0 saturated carbocycles. The van der Waals surface area contributed by atoms with Gasteiger partial charge in [0.2, 0.25) is 0 Å². The summed E-state index contributed by atoms with van der Waals surface area (Å²) in [6.07, 6.45) is 4.64. The van der Waals surface area contributed by atoms with Gasteiger partial charge in [0.1, 0.15) is 5.69 Å². The Bertz CT molecular complexity index is 647. The van der Waals surface area contributed by atoms with Crippen molar-refractivity contribution in [2.45, 2.75) is 32.2 Å². The van der Waals surface area contributed by atoms with E-state index < -0.39 is 0 Å². The summed E-state index contributed by atoms with van der Waals surface area (Å²) in [6, 6.07) is 2.10. The number of hydrogen-bond acceptors (Lipinski definition) is 3. The maximum atomic E-state index is 12.5. The van der Waals surface area contributed by atoms with Crippen molar-refractivity contribution in [2.75, 3.05) is 13.1 Å². The molecule has 0 spiro atoms. The van der Waals surface area contributed by atoms with Crippen molar-refractivity contribution in [3.63, 3.8) is 0 Å². The molecule has 2 aromatic rings. The fourth-order valence-corrected chi connectivity index (χ4v) is 2.87. The zero-order valence-electron chi connectivity index (χ0n) is 12.1. The lowest BCUT2D eigenvalue weighted by Crippen LogP contribution is -2.29. The normalized spacial score (nSPS) is 18.7. The van der Waals surface area contributed by atoms with Crippen LogP contribution in [-0.2, 0) is 0 Å². The number of carbonyl (C=O) groups excluding carboxylic acids is 1. The fraction of sp³-hybridized carbons (Fsp3) is 0.500. The van der Waals surface area contributed by atoms with Gasteiger partial charge >= 0.3 is 0 Å². The minimum atomic E-state index is 0.0168. The number of aromatic amines is 1. The second-order valence-corrected chi connectivity index (χ2v) is 6.61. The van der Waals surface area contributed by atoms with Crippen LogP contribution in [-0.4, -0.2) is 43.9 Å². The topological polar surface area (TPSA) is 66.8 Å². The molecule has 21 heavy (non-hydrogen) atoms. The van der Waals surface area contributed by atoms with Gasteiger partial charge in [-0.3, -0.25) is 14.6 Å². The van der Waals surface area contributed by atoms with Crippen molar-refractivity contribution in [3.05, 3.63) is 34.3 Å². The van der Waals surface area contributed by atoms with Gasteiger partial charge in [-0.2, -0.15) is 10.2 Å². The van der Waals surface area contributed by atoms with Gasteiger partial charge < -0.3 is 4.90 Å². The minimum Gasteiger partial charge on any atom is -0.335 e. The average molecular weight is 352 g/mol. The second kappa shape index (κ2) is 5.63. The highest BCUT2D eigenvalue weighted by Gasteiger charge is 2.29. The number of H-pyrrole nitrogens is 1. The van der Waals surface area contributed by atoms with Crippen LogP contribution >= 0.6 is 15.9 Å². The number of amides is 1. The lowest BCUT2D eigenvalue weighted by atomic mass is 10.1. The Morgan fingerprint density at radius 3 is 2.95 bits per heavy atom. The Morgan fingerprint density at radius 1 is 1.52 bits per heavy atom. The smallest absolute Gasteiger partial charge is 0.271 e. The monoisotopic (exact) mass is 351 g/mol. The Hall–Kier alpha value is -1.63. The van der Waals surface area contributed by atoms with Crippen molar-refractivity contribution in [1.82, 2.24) is 24.9 Å². The van der Waals surface area contributed by atoms with Crippen LogP contribution in [0.2, 0.25) is 0 Å². The van der Waals surface area contributed by atoms with E-state index in [-0.39, 0.29) is 11.9 Å². The van der Waals surface area contributed by atoms with Crippen molar-refractivity contribution in [1.29, 1.82) is 0 Å². The molecule has 0 aromatic carbocycles. The molecule has 6 nitrogen and oxygen atoms in total. The third kappa shape index (κ3) is 2.88. The van der Waals surface area contributed by atoms with Crippen LogP contribution in [0.3, 0.4) is 0 Å². The van der Waals surface area contributed by atoms with Crippen LogP contribution in [0, 0.1) is 0 Å². The molecule has 0 bridgehead atoms. The summed E-state index contributed by atoms with van der Waals surface area (Å²) >= 11 is 3.40. The maximum absolute atomic E-state index is 12.5. The second-order valence-electron chi connectivity index (χ2n) is 5.69. The molecule has 1 saturated heterocycles. The number of rotatable bonds is 3. The molecule has 3 rings (SSSR count). The summed E-state index contributed by atoms with van der Waals surface area (Å²) in [5, 5.41) is 11.3. The lowest BCUT2D eigenvalue weighted by molar-refractivity contribution is 0.0781. The van der Waals surface area contributed by atoms with Crippen molar-refractivity contribution in [2.24, 2.45) is 0 Å². The van der Waals surface area contributed by atoms with E-state index in [1.54, 1.807) is 6.20 Å². The van der Waals surface area contributed by atoms with Gasteiger partial charge in [0.15, 0.2) is 0 Å². The highest BCUT2D eigenvalue weighted by Crippen LogP contribution is 2.24. The van der Waals surface area contributed by atoms with Crippen LogP contribution in [0.4, 0.5) is 0 Å². The standard InChI is InChI=1S/C14H18BrN5O/c1-9(2)12-5-13(18-17-12)14(21)19-4-3-11(8-19)20-7-10(15)6-16-20/h5-7,9,11H,3-4,8H2,1-2H3,(H,17,18). The van der Waals surface area contributed by atoms with Gasteiger partial charge in [0.25, 0.3) is 5.91 Å². The van der Waals surface area contributed by atoms with Crippen LogP contribution in [0.15, 0.2) is 22.9 Å². The van der Waals surface area contributed by atoms with E-state index in [0.29, 0.717) is 18.2 Å². The third-order valence-electron chi connectivity index (χ3n) is 3.81. The largest absolute Gasteiger partial charge is 0.335 e. The van der Waals surface area contributed by atoms with Gasteiger partial charge in [-0.05, 0) is 34.3 Å². The number of aromatic nitrogens is 4. The van der Waals surface area contributed by atoms with E-state index in [4.69, 9.17) is 0 Å². The van der Waals surface area contributed by atoms with Crippen molar-refractivity contribution >= 4 is 21.8 Å². The molecule has 3 heterocycles. The Labute approximate surface area is 131 Å². The average Bonchev–Trinajstić information content (AvgIpc) is 3.17. The predicted molar refractivity (Wildman–Crippen MR) is 82.2 cm³/mol. The molecule has 1 aliphatic heterocycles. The summed E-state index contributed by atoms with van der Waals surface area (Å²) in [5.41, 5.74) is 1.49. The molecular formula is C14H18BrN5O. The first-order valence-electron chi connectivity index (χ1n) is 7.09. The number of nitrogens with zero attached hydrogens (tertiary/aromatic N) is 4. The SMILES string of the molecule is CC(C)c1cc(C(=O)N2CCC(n3cc(Br)cn3)C2)[nH]n1. The first-order chi connectivity index (χ1) is 10.0. The fourth-order valence-electron chi connectivity index (χ4n) is 2.57. The summed E-state index contributed by atoms with van der Waals surface area (Å²) in [4.78, 5) is 14.3. The molecule has 0 aliphatic carbocycles. The third-order valence-corrected chi connectivity index (χ3v) is 4.22. The van der Waals surface area contributed by atoms with Gasteiger partial charge in [-0.15, -0.1) is 0 Å². The molecule has 2 aromatic heterocycles. The summed E-state index contributed by atoms with van der Waals surface area (Å²) in [6.45, 7) is 5.55. The van der Waals surface area contributed by atoms with Gasteiger partial charge in [0, 0.05) is 19.3 Å². The van der Waals surface area contributed by atoms with Crippen LogP contribution < -0.4 is 0 Å². The molecular weight excluding hydrogens is 334 g/mol. The van der Waals surface area contributed by atoms with Gasteiger partial charge in [-0.1, -0.05) is 13.8 Å². The first-order valence-corrected chi connectivity index (χ1v) is 7.88. The number of carbonyl (C=O) groups is 1. The molecule has 0 radical (unpaired) electrons. The zero-order chi connectivity index (χ0) is 15.0. The Balaban J connectivity index is 1.69. The van der Waals surface area contributed by atoms with Crippen LogP contribution in [0.25, 0.3) is 0 Å². The highest BCUT2D eigenvalue weighted by atomic mass is 79.9. The number of hydrogen-bond donors (Lipinski definition) is 1. The highest BCUT2D eigenvalue weighted by molar-refractivity contribution is 9.10. The van der Waals surface area contributed by atoms with Crippen LogP contribution in [0.5, 0.6) is 0 Å².